The molecule has 0 bridgehead atoms. The van der Waals surface area contributed by atoms with E-state index in [0.717, 1.165) is 6.42 Å². The Bertz CT molecular complexity index is 597. The van der Waals surface area contributed by atoms with E-state index in [4.69, 9.17) is 14.6 Å². The molecule has 8 nitrogen and oxygen atoms in total. The van der Waals surface area contributed by atoms with E-state index < -0.39 is 23.8 Å². The molecular weight excluding hydrogens is 366 g/mol. The van der Waals surface area contributed by atoms with Crippen molar-refractivity contribution < 1.29 is 34.1 Å². The molecule has 0 unspecified atom stereocenters. The Morgan fingerprint density at radius 3 is 2.46 bits per heavy atom. The van der Waals surface area contributed by atoms with E-state index in [1.165, 1.54) is 0 Å². The lowest BCUT2D eigenvalue weighted by atomic mass is 9.86. The van der Waals surface area contributed by atoms with Crippen LogP contribution < -0.4 is 5.32 Å². The summed E-state index contributed by atoms with van der Waals surface area (Å²) in [6.07, 6.45) is 6.18. The highest BCUT2D eigenvalue weighted by Crippen LogP contribution is 2.49. The van der Waals surface area contributed by atoms with Gasteiger partial charge in [0.25, 0.3) is 0 Å². The molecule has 1 aliphatic carbocycles. The normalized spacial score (nSPS) is 25.8. The van der Waals surface area contributed by atoms with Crippen LogP contribution in [-0.2, 0) is 23.9 Å². The number of hydrogen-bond donors (Lipinski definition) is 3. The van der Waals surface area contributed by atoms with Gasteiger partial charge in [0.05, 0.1) is 19.6 Å². The van der Waals surface area contributed by atoms with Crippen molar-refractivity contribution in [3.8, 4) is 0 Å². The average Bonchev–Trinajstić information content (AvgIpc) is 3.24. The maximum absolute atomic E-state index is 12.6. The third-order valence-electron chi connectivity index (χ3n) is 5.87. The van der Waals surface area contributed by atoms with Gasteiger partial charge in [-0.3, -0.25) is 9.59 Å². The van der Waals surface area contributed by atoms with Gasteiger partial charge in [0.15, 0.2) is 5.79 Å². The highest BCUT2D eigenvalue weighted by molar-refractivity contribution is 5.83. The first-order chi connectivity index (χ1) is 13.3. The van der Waals surface area contributed by atoms with Gasteiger partial charge in [-0.15, -0.1) is 0 Å². The quantitative estimate of drug-likeness (QED) is 0.483. The van der Waals surface area contributed by atoms with E-state index in [1.54, 1.807) is 19.1 Å². The van der Waals surface area contributed by atoms with Crippen LogP contribution in [0.2, 0.25) is 0 Å². The lowest BCUT2D eigenvalue weighted by Crippen LogP contribution is -2.46. The second kappa shape index (κ2) is 10.0. The van der Waals surface area contributed by atoms with Gasteiger partial charge in [0, 0.05) is 18.8 Å². The molecule has 1 spiro atoms. The van der Waals surface area contributed by atoms with Crippen LogP contribution in [-0.4, -0.2) is 53.1 Å². The van der Waals surface area contributed by atoms with Crippen molar-refractivity contribution in [3.63, 3.8) is 0 Å². The first kappa shape index (κ1) is 22.4. The topological polar surface area (TPSA) is 122 Å². The summed E-state index contributed by atoms with van der Waals surface area (Å²) in [5.74, 6) is -3.18. The van der Waals surface area contributed by atoms with Crippen molar-refractivity contribution in [1.82, 2.24) is 5.32 Å². The molecule has 2 rings (SSSR count). The van der Waals surface area contributed by atoms with E-state index in [1.807, 2.05) is 6.92 Å². The van der Waals surface area contributed by atoms with Crippen molar-refractivity contribution in [2.75, 3.05) is 13.2 Å². The molecule has 2 aliphatic rings. The smallest absolute Gasteiger partial charge is 0.326 e. The monoisotopic (exact) mass is 397 g/mol. The first-order valence-corrected chi connectivity index (χ1v) is 9.96. The number of ether oxygens (including phenoxy) is 2. The summed E-state index contributed by atoms with van der Waals surface area (Å²) in [5, 5.41) is 20.8. The number of rotatable bonds is 10. The summed E-state index contributed by atoms with van der Waals surface area (Å²) >= 11 is 0. The molecule has 1 aliphatic heterocycles. The van der Waals surface area contributed by atoms with E-state index in [0.29, 0.717) is 32.5 Å². The molecular formula is C20H31NO7. The third-order valence-corrected chi connectivity index (χ3v) is 5.87. The van der Waals surface area contributed by atoms with Crippen LogP contribution in [0.3, 0.4) is 0 Å². The number of carboxylic acid groups (broad SMARTS) is 2. The molecule has 158 valence electrons. The molecule has 8 heteroatoms. The Kier molecular flexibility index (Phi) is 8.00. The molecule has 0 aromatic heterocycles. The standard InChI is InChI=1S/C20H31NO7/c1-3-13(2)18(19(25)26)21-16(22)12-14-8-9-20(27-10-11-28-20)15(14)6-4-5-7-17(23)24/h4-5,13-15,18H,3,6-12H2,1-2H3,(H,21,22)(H,23,24)(H,25,26)/b5-4-/t13-,14+,15+,18-/m0/s1. The molecule has 3 N–H and O–H groups in total. The summed E-state index contributed by atoms with van der Waals surface area (Å²) in [6, 6.07) is -0.902. The number of allylic oxidation sites excluding steroid dienone is 1. The Hall–Kier alpha value is -1.93. The highest BCUT2D eigenvalue weighted by Gasteiger charge is 2.52. The van der Waals surface area contributed by atoms with Crippen molar-refractivity contribution >= 4 is 17.8 Å². The lowest BCUT2D eigenvalue weighted by molar-refractivity contribution is -0.185. The summed E-state index contributed by atoms with van der Waals surface area (Å²) in [5.41, 5.74) is 0. The fourth-order valence-electron chi connectivity index (χ4n) is 4.16. The molecule has 0 aromatic carbocycles. The van der Waals surface area contributed by atoms with Crippen LogP contribution in [0.1, 0.15) is 52.4 Å². The summed E-state index contributed by atoms with van der Waals surface area (Å²) in [7, 11) is 0. The minimum absolute atomic E-state index is 0.0149. The molecule has 4 atom stereocenters. The molecule has 0 aromatic rings. The van der Waals surface area contributed by atoms with Gasteiger partial charge >= 0.3 is 11.9 Å². The molecule has 1 saturated carbocycles. The van der Waals surface area contributed by atoms with Gasteiger partial charge in [0.1, 0.15) is 6.04 Å². The van der Waals surface area contributed by atoms with Crippen molar-refractivity contribution in [2.45, 2.75) is 64.2 Å². The predicted octanol–water partition coefficient (Wildman–Crippen LogP) is 2.18. The van der Waals surface area contributed by atoms with Crippen molar-refractivity contribution in [1.29, 1.82) is 0 Å². The first-order valence-electron chi connectivity index (χ1n) is 9.96. The van der Waals surface area contributed by atoms with Crippen LogP contribution >= 0.6 is 0 Å². The number of carbonyl (C=O) groups excluding carboxylic acids is 1. The second-order valence-electron chi connectivity index (χ2n) is 7.69. The minimum Gasteiger partial charge on any atom is -0.481 e. The zero-order chi connectivity index (χ0) is 20.7. The summed E-state index contributed by atoms with van der Waals surface area (Å²) in [6.45, 7) is 4.70. The zero-order valence-electron chi connectivity index (χ0n) is 16.6. The molecule has 2 fully saturated rings. The highest BCUT2D eigenvalue weighted by atomic mass is 16.7. The Morgan fingerprint density at radius 1 is 1.21 bits per heavy atom. The molecule has 1 heterocycles. The van der Waals surface area contributed by atoms with Crippen LogP contribution in [0, 0.1) is 17.8 Å². The van der Waals surface area contributed by atoms with Gasteiger partial charge in [-0.1, -0.05) is 32.4 Å². The number of nitrogens with one attached hydrogen (secondary N) is 1. The summed E-state index contributed by atoms with van der Waals surface area (Å²) < 4.78 is 11.8. The van der Waals surface area contributed by atoms with Gasteiger partial charge in [-0.2, -0.15) is 0 Å². The van der Waals surface area contributed by atoms with Crippen LogP contribution in [0.25, 0.3) is 0 Å². The van der Waals surface area contributed by atoms with E-state index in [2.05, 4.69) is 5.32 Å². The van der Waals surface area contributed by atoms with Gasteiger partial charge in [0.2, 0.25) is 5.91 Å². The molecule has 0 radical (unpaired) electrons. The fraction of sp³-hybridized carbons (Fsp3) is 0.750. The number of hydrogen-bond acceptors (Lipinski definition) is 5. The van der Waals surface area contributed by atoms with Gasteiger partial charge < -0.3 is 25.0 Å². The maximum Gasteiger partial charge on any atom is 0.326 e. The maximum atomic E-state index is 12.6. The number of carbonyl (C=O) groups is 3. The van der Waals surface area contributed by atoms with E-state index in [9.17, 15) is 19.5 Å². The SMILES string of the molecule is CC[C@H](C)[C@H](NC(=O)C[C@H]1CCC2(OCCO2)[C@@H]1C/C=C\CC(=O)O)C(=O)O. The number of amides is 1. The molecule has 1 saturated heterocycles. The largest absolute Gasteiger partial charge is 0.481 e. The Morgan fingerprint density at radius 2 is 1.89 bits per heavy atom. The van der Waals surface area contributed by atoms with Crippen LogP contribution in [0.5, 0.6) is 0 Å². The predicted molar refractivity (Wildman–Crippen MR) is 100 cm³/mol. The summed E-state index contributed by atoms with van der Waals surface area (Å²) in [4.78, 5) is 34.7. The number of carboxylic acids is 2. The fourth-order valence-corrected chi connectivity index (χ4v) is 4.16. The zero-order valence-corrected chi connectivity index (χ0v) is 16.6. The Balaban J connectivity index is 2.03. The van der Waals surface area contributed by atoms with Crippen LogP contribution in [0.4, 0.5) is 0 Å². The Labute approximate surface area is 165 Å². The second-order valence-corrected chi connectivity index (χ2v) is 7.69. The lowest BCUT2D eigenvalue weighted by Gasteiger charge is -2.31. The minimum atomic E-state index is -1.03. The molecule has 28 heavy (non-hydrogen) atoms. The number of aliphatic carboxylic acids is 2. The third kappa shape index (κ3) is 5.54. The average molecular weight is 397 g/mol. The van der Waals surface area contributed by atoms with Crippen LogP contribution in [0.15, 0.2) is 12.2 Å². The van der Waals surface area contributed by atoms with E-state index >= 15 is 0 Å². The van der Waals surface area contributed by atoms with Crippen molar-refractivity contribution in [3.05, 3.63) is 12.2 Å². The van der Waals surface area contributed by atoms with Gasteiger partial charge in [-0.05, 0) is 24.7 Å². The molecule has 1 amide bonds. The van der Waals surface area contributed by atoms with E-state index in [-0.39, 0.29) is 36.5 Å². The van der Waals surface area contributed by atoms with Gasteiger partial charge in [-0.25, -0.2) is 4.79 Å². The van der Waals surface area contributed by atoms with Crippen molar-refractivity contribution in [2.24, 2.45) is 17.8 Å².